The zero-order valence-corrected chi connectivity index (χ0v) is 16.2. The Balaban J connectivity index is 1.95. The summed E-state index contributed by atoms with van der Waals surface area (Å²) in [4.78, 5) is 12.4. The minimum absolute atomic E-state index is 0.00343. The zero-order valence-electron chi connectivity index (χ0n) is 15.4. The standard InChI is InChI=1S/C19H28N4OS/c1-4-7-8-12-23-14-20-22-19(23)25-13-17(24)21-18-15(5-2)10-9-11-16(18)6-3/h9-11,14H,4-8,12-13H2,1-3H3,(H,21,24). The van der Waals surface area contributed by atoms with E-state index in [2.05, 4.69) is 54.5 Å². The monoisotopic (exact) mass is 360 g/mol. The molecule has 1 heterocycles. The molecule has 0 spiro atoms. The van der Waals surface area contributed by atoms with Crippen molar-refractivity contribution in [3.63, 3.8) is 0 Å². The van der Waals surface area contributed by atoms with Crippen LogP contribution in [0.15, 0.2) is 29.7 Å². The van der Waals surface area contributed by atoms with E-state index in [0.29, 0.717) is 5.75 Å². The molecule has 0 saturated heterocycles. The first-order chi connectivity index (χ1) is 12.2. The Bertz CT molecular complexity index is 662. The lowest BCUT2D eigenvalue weighted by Gasteiger charge is -2.14. The van der Waals surface area contributed by atoms with E-state index in [1.165, 1.54) is 35.7 Å². The number of unbranched alkanes of at least 4 members (excludes halogenated alkanes) is 2. The highest BCUT2D eigenvalue weighted by Crippen LogP contribution is 2.23. The quantitative estimate of drug-likeness (QED) is 0.506. The summed E-state index contributed by atoms with van der Waals surface area (Å²) in [7, 11) is 0. The van der Waals surface area contributed by atoms with Crippen molar-refractivity contribution in [3.8, 4) is 0 Å². The molecule has 6 heteroatoms. The van der Waals surface area contributed by atoms with Gasteiger partial charge >= 0.3 is 0 Å². The maximum absolute atomic E-state index is 12.4. The number of rotatable bonds is 10. The van der Waals surface area contributed by atoms with Gasteiger partial charge in [-0.05, 0) is 30.4 Å². The average molecular weight is 361 g/mol. The van der Waals surface area contributed by atoms with E-state index in [1.807, 2.05) is 4.57 Å². The summed E-state index contributed by atoms with van der Waals surface area (Å²) in [6.45, 7) is 7.31. The number of nitrogens with one attached hydrogen (secondary N) is 1. The second-order valence-corrected chi connectivity index (χ2v) is 6.95. The number of amides is 1. The Morgan fingerprint density at radius 2 is 1.88 bits per heavy atom. The van der Waals surface area contributed by atoms with Crippen LogP contribution in [-0.2, 0) is 24.2 Å². The number of anilines is 1. The largest absolute Gasteiger partial charge is 0.325 e. The minimum atomic E-state index is 0.00343. The molecule has 1 N–H and O–H groups in total. The number of thioether (sulfide) groups is 1. The molecule has 25 heavy (non-hydrogen) atoms. The summed E-state index contributed by atoms with van der Waals surface area (Å²) in [5.41, 5.74) is 3.34. The van der Waals surface area contributed by atoms with Crippen molar-refractivity contribution in [1.29, 1.82) is 0 Å². The van der Waals surface area contributed by atoms with Crippen LogP contribution in [0.5, 0.6) is 0 Å². The highest BCUT2D eigenvalue weighted by molar-refractivity contribution is 7.99. The van der Waals surface area contributed by atoms with Crippen LogP contribution in [0.3, 0.4) is 0 Å². The fourth-order valence-corrected chi connectivity index (χ4v) is 3.49. The van der Waals surface area contributed by atoms with Gasteiger partial charge in [0.15, 0.2) is 5.16 Å². The van der Waals surface area contributed by atoms with Gasteiger partial charge in [0, 0.05) is 12.2 Å². The summed E-state index contributed by atoms with van der Waals surface area (Å²) in [6.07, 6.45) is 7.04. The predicted molar refractivity (Wildman–Crippen MR) is 104 cm³/mol. The maximum Gasteiger partial charge on any atom is 0.234 e. The normalized spacial score (nSPS) is 10.8. The molecular formula is C19H28N4OS. The summed E-state index contributed by atoms with van der Waals surface area (Å²) >= 11 is 1.44. The Labute approximate surface area is 154 Å². The van der Waals surface area contributed by atoms with E-state index in [1.54, 1.807) is 6.33 Å². The highest BCUT2D eigenvalue weighted by Gasteiger charge is 2.12. The van der Waals surface area contributed by atoms with E-state index < -0.39 is 0 Å². The minimum Gasteiger partial charge on any atom is -0.325 e. The molecule has 0 saturated carbocycles. The summed E-state index contributed by atoms with van der Waals surface area (Å²) in [6, 6.07) is 6.21. The van der Waals surface area contributed by atoms with Gasteiger partial charge < -0.3 is 9.88 Å². The number of nitrogens with zero attached hydrogens (tertiary/aromatic N) is 3. The summed E-state index contributed by atoms with van der Waals surface area (Å²) in [5.74, 6) is 0.344. The molecule has 1 aromatic carbocycles. The fourth-order valence-electron chi connectivity index (χ4n) is 2.75. The van der Waals surface area contributed by atoms with Crippen molar-refractivity contribution in [2.75, 3.05) is 11.1 Å². The van der Waals surface area contributed by atoms with Crippen LogP contribution in [0.1, 0.15) is 51.2 Å². The van der Waals surface area contributed by atoms with E-state index in [-0.39, 0.29) is 5.91 Å². The van der Waals surface area contributed by atoms with Gasteiger partial charge in [0.2, 0.25) is 5.91 Å². The molecule has 0 aliphatic carbocycles. The van der Waals surface area contributed by atoms with Gasteiger partial charge in [0.05, 0.1) is 5.75 Å². The molecule has 1 amide bonds. The van der Waals surface area contributed by atoms with Crippen molar-refractivity contribution in [1.82, 2.24) is 14.8 Å². The van der Waals surface area contributed by atoms with Crippen LogP contribution < -0.4 is 5.32 Å². The average Bonchev–Trinajstić information content (AvgIpc) is 3.07. The maximum atomic E-state index is 12.4. The van der Waals surface area contributed by atoms with E-state index >= 15 is 0 Å². The van der Waals surface area contributed by atoms with Gasteiger partial charge in [-0.2, -0.15) is 0 Å². The van der Waals surface area contributed by atoms with Gasteiger partial charge in [-0.25, -0.2) is 0 Å². The van der Waals surface area contributed by atoms with Crippen molar-refractivity contribution in [2.24, 2.45) is 0 Å². The van der Waals surface area contributed by atoms with Crippen LogP contribution in [-0.4, -0.2) is 26.4 Å². The lowest BCUT2D eigenvalue weighted by molar-refractivity contribution is -0.113. The van der Waals surface area contributed by atoms with Crippen molar-refractivity contribution < 1.29 is 4.79 Å². The third-order valence-corrected chi connectivity index (χ3v) is 5.16. The zero-order chi connectivity index (χ0) is 18.1. The predicted octanol–water partition coefficient (Wildman–Crippen LogP) is 4.32. The molecule has 2 aromatic rings. The highest BCUT2D eigenvalue weighted by atomic mass is 32.2. The van der Waals surface area contributed by atoms with Crippen LogP contribution in [0, 0.1) is 0 Å². The SMILES string of the molecule is CCCCCn1cnnc1SCC(=O)Nc1c(CC)cccc1CC. The second-order valence-electron chi connectivity index (χ2n) is 6.01. The number of hydrogen-bond acceptors (Lipinski definition) is 4. The van der Waals surface area contributed by atoms with Gasteiger partial charge in [-0.15, -0.1) is 10.2 Å². The molecule has 1 aromatic heterocycles. The van der Waals surface area contributed by atoms with Crippen molar-refractivity contribution in [3.05, 3.63) is 35.7 Å². The molecule has 0 aliphatic heterocycles. The number of carbonyl (C=O) groups excluding carboxylic acids is 1. The van der Waals surface area contributed by atoms with Crippen LogP contribution in [0.2, 0.25) is 0 Å². The molecule has 5 nitrogen and oxygen atoms in total. The number of benzene rings is 1. The van der Waals surface area contributed by atoms with Crippen LogP contribution in [0.25, 0.3) is 0 Å². The molecule has 0 fully saturated rings. The van der Waals surface area contributed by atoms with Crippen molar-refractivity contribution >= 4 is 23.4 Å². The molecular weight excluding hydrogens is 332 g/mol. The summed E-state index contributed by atoms with van der Waals surface area (Å²) in [5, 5.41) is 12.0. The van der Waals surface area contributed by atoms with Gasteiger partial charge in [-0.3, -0.25) is 4.79 Å². The van der Waals surface area contributed by atoms with Gasteiger partial charge in [0.1, 0.15) is 6.33 Å². The Kier molecular flexibility index (Phi) is 7.98. The number of carbonyl (C=O) groups is 1. The molecule has 2 rings (SSSR count). The van der Waals surface area contributed by atoms with E-state index in [9.17, 15) is 4.79 Å². The van der Waals surface area contributed by atoms with E-state index in [4.69, 9.17) is 0 Å². The van der Waals surface area contributed by atoms with Crippen LogP contribution in [0.4, 0.5) is 5.69 Å². The second kappa shape index (κ2) is 10.2. The van der Waals surface area contributed by atoms with Gasteiger partial charge in [-0.1, -0.05) is 63.6 Å². The lowest BCUT2D eigenvalue weighted by Crippen LogP contribution is -2.17. The topological polar surface area (TPSA) is 59.8 Å². The first-order valence-electron chi connectivity index (χ1n) is 9.10. The molecule has 0 unspecified atom stereocenters. The molecule has 0 radical (unpaired) electrons. The molecule has 136 valence electrons. The van der Waals surface area contributed by atoms with Gasteiger partial charge in [0.25, 0.3) is 0 Å². The third-order valence-electron chi connectivity index (χ3n) is 4.18. The summed E-state index contributed by atoms with van der Waals surface area (Å²) < 4.78 is 2.03. The number of hydrogen-bond donors (Lipinski definition) is 1. The Morgan fingerprint density at radius 1 is 1.16 bits per heavy atom. The van der Waals surface area contributed by atoms with Crippen LogP contribution >= 0.6 is 11.8 Å². The molecule has 0 aliphatic rings. The number of aromatic nitrogens is 3. The number of para-hydroxylation sites is 1. The number of aryl methyl sites for hydroxylation is 3. The first kappa shape index (κ1) is 19.5. The van der Waals surface area contributed by atoms with Crippen molar-refractivity contribution in [2.45, 2.75) is 64.6 Å². The molecule has 0 atom stereocenters. The lowest BCUT2D eigenvalue weighted by atomic mass is 10.0. The smallest absolute Gasteiger partial charge is 0.234 e. The Morgan fingerprint density at radius 3 is 2.52 bits per heavy atom. The third kappa shape index (κ3) is 5.59. The van der Waals surface area contributed by atoms with E-state index in [0.717, 1.165) is 36.7 Å². The Hall–Kier alpha value is -1.82. The first-order valence-corrected chi connectivity index (χ1v) is 10.1. The fraction of sp³-hybridized carbons (Fsp3) is 0.526. The molecule has 0 bridgehead atoms.